The van der Waals surface area contributed by atoms with Crippen molar-refractivity contribution in [3.63, 3.8) is 0 Å². The van der Waals surface area contributed by atoms with Crippen LogP contribution in [0.1, 0.15) is 35.8 Å². The van der Waals surface area contributed by atoms with Crippen molar-refractivity contribution in [2.75, 3.05) is 0 Å². The molecule has 0 unspecified atom stereocenters. The van der Waals surface area contributed by atoms with Crippen molar-refractivity contribution in [2.45, 2.75) is 32.2 Å². The van der Waals surface area contributed by atoms with Crippen molar-refractivity contribution < 1.29 is 4.39 Å². The standard InChI is InChI=1S/C17H16FN3/c1-11-15-9-13(18)7-8-17(15)21(20-11)10-14-3-2-4-16(19-14)12-5-6-12/h2-4,7-9,12H,5-6,10H2,1H3. The SMILES string of the molecule is Cc1nn(Cc2cccc(C3CC3)n2)c2ccc(F)cc12. The molecule has 0 spiro atoms. The fraction of sp³-hybridized carbons (Fsp3) is 0.294. The quantitative estimate of drug-likeness (QED) is 0.731. The van der Waals surface area contributed by atoms with Gasteiger partial charge in [0.15, 0.2) is 0 Å². The monoisotopic (exact) mass is 281 g/mol. The van der Waals surface area contributed by atoms with Gasteiger partial charge in [-0.15, -0.1) is 0 Å². The van der Waals surface area contributed by atoms with Crippen LogP contribution in [0.3, 0.4) is 0 Å². The normalized spacial score (nSPS) is 14.8. The van der Waals surface area contributed by atoms with E-state index in [1.165, 1.54) is 24.6 Å². The fourth-order valence-corrected chi connectivity index (χ4v) is 2.78. The molecule has 4 rings (SSSR count). The Morgan fingerprint density at radius 2 is 2.10 bits per heavy atom. The average Bonchev–Trinajstić information content (AvgIpc) is 3.27. The first-order valence-electron chi connectivity index (χ1n) is 7.29. The summed E-state index contributed by atoms with van der Waals surface area (Å²) in [6, 6.07) is 11.0. The zero-order chi connectivity index (χ0) is 14.4. The topological polar surface area (TPSA) is 30.7 Å². The average molecular weight is 281 g/mol. The number of rotatable bonds is 3. The van der Waals surface area contributed by atoms with E-state index >= 15 is 0 Å². The number of nitrogens with zero attached hydrogens (tertiary/aromatic N) is 3. The van der Waals surface area contributed by atoms with Crippen molar-refractivity contribution in [1.82, 2.24) is 14.8 Å². The third-order valence-corrected chi connectivity index (χ3v) is 4.03. The molecule has 0 aliphatic heterocycles. The second kappa shape index (κ2) is 4.65. The minimum atomic E-state index is -0.223. The van der Waals surface area contributed by atoms with E-state index in [1.54, 1.807) is 12.1 Å². The lowest BCUT2D eigenvalue weighted by atomic mass is 10.2. The number of aromatic nitrogens is 3. The highest BCUT2D eigenvalue weighted by Crippen LogP contribution is 2.38. The maximum Gasteiger partial charge on any atom is 0.124 e. The van der Waals surface area contributed by atoms with E-state index in [4.69, 9.17) is 4.98 Å². The van der Waals surface area contributed by atoms with E-state index < -0.39 is 0 Å². The smallest absolute Gasteiger partial charge is 0.124 e. The van der Waals surface area contributed by atoms with E-state index in [9.17, 15) is 4.39 Å². The second-order valence-electron chi connectivity index (χ2n) is 5.73. The van der Waals surface area contributed by atoms with Gasteiger partial charge in [-0.3, -0.25) is 9.67 Å². The number of pyridine rings is 1. The lowest BCUT2D eigenvalue weighted by Gasteiger charge is -2.05. The van der Waals surface area contributed by atoms with Crippen molar-refractivity contribution >= 4 is 10.9 Å². The van der Waals surface area contributed by atoms with E-state index in [2.05, 4.69) is 17.2 Å². The summed E-state index contributed by atoms with van der Waals surface area (Å²) >= 11 is 0. The van der Waals surface area contributed by atoms with Crippen molar-refractivity contribution in [2.24, 2.45) is 0 Å². The van der Waals surface area contributed by atoms with E-state index in [0.29, 0.717) is 12.5 Å². The van der Waals surface area contributed by atoms with Crippen LogP contribution in [0.5, 0.6) is 0 Å². The molecule has 0 atom stereocenters. The van der Waals surface area contributed by atoms with Gasteiger partial charge in [-0.2, -0.15) is 5.10 Å². The minimum absolute atomic E-state index is 0.223. The van der Waals surface area contributed by atoms with Gasteiger partial charge in [0.1, 0.15) is 5.82 Å². The zero-order valence-electron chi connectivity index (χ0n) is 11.9. The Labute approximate surface area is 122 Å². The Kier molecular flexibility index (Phi) is 2.77. The van der Waals surface area contributed by atoms with Gasteiger partial charge in [-0.05, 0) is 50.1 Å². The van der Waals surface area contributed by atoms with Crippen LogP contribution in [0, 0.1) is 12.7 Å². The maximum absolute atomic E-state index is 13.4. The van der Waals surface area contributed by atoms with Gasteiger partial charge in [-0.1, -0.05) is 6.07 Å². The molecule has 4 heteroatoms. The largest absolute Gasteiger partial charge is 0.259 e. The lowest BCUT2D eigenvalue weighted by molar-refractivity contribution is 0.629. The molecule has 1 aromatic carbocycles. The number of halogens is 1. The molecule has 1 aliphatic rings. The molecule has 1 fully saturated rings. The molecule has 0 bridgehead atoms. The molecule has 3 aromatic rings. The zero-order valence-corrected chi connectivity index (χ0v) is 11.9. The minimum Gasteiger partial charge on any atom is -0.259 e. The summed E-state index contributed by atoms with van der Waals surface area (Å²) in [5.74, 6) is 0.425. The Bertz CT molecular complexity index is 818. The molecule has 21 heavy (non-hydrogen) atoms. The first-order valence-corrected chi connectivity index (χ1v) is 7.29. The third-order valence-electron chi connectivity index (χ3n) is 4.03. The molecule has 1 aliphatic carbocycles. The number of aryl methyl sites for hydroxylation is 1. The summed E-state index contributed by atoms with van der Waals surface area (Å²) in [5, 5.41) is 5.40. The van der Waals surface area contributed by atoms with Gasteiger partial charge >= 0.3 is 0 Å². The first kappa shape index (κ1) is 12.5. The van der Waals surface area contributed by atoms with Crippen LogP contribution < -0.4 is 0 Å². The molecule has 2 aromatic heterocycles. The molecule has 3 nitrogen and oxygen atoms in total. The van der Waals surface area contributed by atoms with Crippen molar-refractivity contribution in [3.05, 3.63) is 59.3 Å². The van der Waals surface area contributed by atoms with Crippen LogP contribution in [-0.4, -0.2) is 14.8 Å². The second-order valence-corrected chi connectivity index (χ2v) is 5.73. The van der Waals surface area contributed by atoms with Crippen LogP contribution in [-0.2, 0) is 6.54 Å². The maximum atomic E-state index is 13.4. The molecule has 1 saturated carbocycles. The summed E-state index contributed by atoms with van der Waals surface area (Å²) in [7, 11) is 0. The van der Waals surface area contributed by atoms with Crippen LogP contribution in [0.15, 0.2) is 36.4 Å². The van der Waals surface area contributed by atoms with Gasteiger partial charge < -0.3 is 0 Å². The first-order chi connectivity index (χ1) is 10.2. The van der Waals surface area contributed by atoms with E-state index in [1.807, 2.05) is 17.7 Å². The van der Waals surface area contributed by atoms with Gasteiger partial charge in [-0.25, -0.2) is 4.39 Å². The third kappa shape index (κ3) is 2.31. The molecular weight excluding hydrogens is 265 g/mol. The van der Waals surface area contributed by atoms with Crippen LogP contribution >= 0.6 is 0 Å². The summed E-state index contributed by atoms with van der Waals surface area (Å²) in [6.07, 6.45) is 2.50. The van der Waals surface area contributed by atoms with Gasteiger partial charge in [0.05, 0.1) is 23.4 Å². The summed E-state index contributed by atoms with van der Waals surface area (Å²) < 4.78 is 15.3. The molecule has 106 valence electrons. The highest BCUT2D eigenvalue weighted by Gasteiger charge is 2.24. The van der Waals surface area contributed by atoms with E-state index in [0.717, 1.165) is 22.3 Å². The molecule has 0 amide bonds. The molecule has 0 radical (unpaired) electrons. The molecular formula is C17H16FN3. The van der Waals surface area contributed by atoms with Crippen molar-refractivity contribution in [3.8, 4) is 0 Å². The van der Waals surface area contributed by atoms with E-state index in [-0.39, 0.29) is 5.82 Å². The molecule has 0 N–H and O–H groups in total. The highest BCUT2D eigenvalue weighted by atomic mass is 19.1. The number of hydrogen-bond acceptors (Lipinski definition) is 2. The van der Waals surface area contributed by atoms with Gasteiger partial charge in [0.2, 0.25) is 0 Å². The van der Waals surface area contributed by atoms with Crippen molar-refractivity contribution in [1.29, 1.82) is 0 Å². The molecule has 0 saturated heterocycles. The van der Waals surface area contributed by atoms with Crippen LogP contribution in [0.2, 0.25) is 0 Å². The fourth-order valence-electron chi connectivity index (χ4n) is 2.78. The predicted octanol–water partition coefficient (Wildman–Crippen LogP) is 3.80. The number of fused-ring (bicyclic) bond motifs is 1. The van der Waals surface area contributed by atoms with Gasteiger partial charge in [0.25, 0.3) is 0 Å². The predicted molar refractivity (Wildman–Crippen MR) is 79.7 cm³/mol. The number of benzene rings is 1. The Hall–Kier alpha value is -2.23. The Morgan fingerprint density at radius 3 is 2.90 bits per heavy atom. The summed E-state index contributed by atoms with van der Waals surface area (Å²) in [4.78, 5) is 4.73. The summed E-state index contributed by atoms with van der Waals surface area (Å²) in [5.41, 5.74) is 4.00. The lowest BCUT2D eigenvalue weighted by Crippen LogP contribution is -2.04. The Morgan fingerprint density at radius 1 is 1.24 bits per heavy atom. The molecule has 2 heterocycles. The Balaban J connectivity index is 1.72. The van der Waals surface area contributed by atoms with Crippen LogP contribution in [0.4, 0.5) is 4.39 Å². The van der Waals surface area contributed by atoms with Crippen LogP contribution in [0.25, 0.3) is 10.9 Å². The highest BCUT2D eigenvalue weighted by molar-refractivity contribution is 5.81. The van der Waals surface area contributed by atoms with Gasteiger partial charge in [0, 0.05) is 17.0 Å². The summed E-state index contributed by atoms with van der Waals surface area (Å²) in [6.45, 7) is 2.53. The number of hydrogen-bond donors (Lipinski definition) is 0.